The van der Waals surface area contributed by atoms with E-state index in [9.17, 15) is 19.2 Å². The van der Waals surface area contributed by atoms with Gasteiger partial charge in [-0.3, -0.25) is 14.5 Å². The first kappa shape index (κ1) is 22.5. The maximum absolute atomic E-state index is 13.6. The van der Waals surface area contributed by atoms with E-state index in [1.165, 1.54) is 12.0 Å². The van der Waals surface area contributed by atoms with E-state index in [0.717, 1.165) is 19.3 Å². The molecular formula is C24H35N3O6. The number of piperidine rings is 2. The zero-order valence-electron chi connectivity index (χ0n) is 20.4. The maximum atomic E-state index is 13.6. The lowest BCUT2D eigenvalue weighted by atomic mass is 9.81. The number of hydrogen-bond donors (Lipinski definition) is 2. The summed E-state index contributed by atoms with van der Waals surface area (Å²) < 4.78 is 10.5. The standard InChI is InChI=1S/C24H35N3O6/c1-20(2,3)33-19(31)27-12-23-11-24(23,21(23,4)5)15(27)17(29)25-14(18(30)32-6)9-13-10-22(7-8-22)26-16(13)28/h13-15H,7-12H2,1-6H3,(H,25,29)(H,26,28)/t13-,14+,15-,23?,24?/m1/s1. The van der Waals surface area contributed by atoms with Crippen molar-refractivity contribution in [1.82, 2.24) is 15.5 Å². The summed E-state index contributed by atoms with van der Waals surface area (Å²) in [5.74, 6) is -1.38. The molecule has 1 spiro atoms. The predicted molar refractivity (Wildman–Crippen MR) is 117 cm³/mol. The molecule has 2 heterocycles. The van der Waals surface area contributed by atoms with Crippen molar-refractivity contribution < 1.29 is 28.7 Å². The van der Waals surface area contributed by atoms with Crippen LogP contribution in [0.25, 0.3) is 0 Å². The van der Waals surface area contributed by atoms with Crippen LogP contribution in [0, 0.1) is 22.2 Å². The van der Waals surface area contributed by atoms with Crippen LogP contribution in [0.2, 0.25) is 0 Å². The fourth-order valence-corrected chi connectivity index (χ4v) is 7.10. The summed E-state index contributed by atoms with van der Waals surface area (Å²) in [5.41, 5.74) is -1.20. The molecule has 9 nitrogen and oxygen atoms in total. The minimum absolute atomic E-state index is 0.0506. The van der Waals surface area contributed by atoms with Gasteiger partial charge in [0.05, 0.1) is 7.11 Å². The Kier molecular flexibility index (Phi) is 4.37. The lowest BCUT2D eigenvalue weighted by Gasteiger charge is -2.39. The van der Waals surface area contributed by atoms with Gasteiger partial charge in [0.25, 0.3) is 0 Å². The van der Waals surface area contributed by atoms with Crippen LogP contribution >= 0.6 is 0 Å². The van der Waals surface area contributed by atoms with Gasteiger partial charge >= 0.3 is 12.1 Å². The molecule has 0 aromatic heterocycles. The number of amides is 3. The quantitative estimate of drug-likeness (QED) is 0.603. The third-order valence-electron chi connectivity index (χ3n) is 9.23. The highest BCUT2D eigenvalue weighted by Gasteiger charge is 3.02. The van der Waals surface area contributed by atoms with E-state index in [1.54, 1.807) is 20.8 Å². The Morgan fingerprint density at radius 2 is 1.91 bits per heavy atom. The van der Waals surface area contributed by atoms with Crippen LogP contribution in [-0.2, 0) is 23.9 Å². The Labute approximate surface area is 194 Å². The fourth-order valence-electron chi connectivity index (χ4n) is 7.10. The molecule has 33 heavy (non-hydrogen) atoms. The van der Waals surface area contributed by atoms with Gasteiger partial charge in [-0.1, -0.05) is 13.8 Å². The first-order valence-electron chi connectivity index (χ1n) is 11.9. The third-order valence-corrected chi connectivity index (χ3v) is 9.23. The Hall–Kier alpha value is -2.32. The number of hydrogen-bond acceptors (Lipinski definition) is 6. The van der Waals surface area contributed by atoms with Crippen molar-refractivity contribution in [1.29, 1.82) is 0 Å². The Morgan fingerprint density at radius 1 is 1.24 bits per heavy atom. The van der Waals surface area contributed by atoms with E-state index in [4.69, 9.17) is 9.47 Å². The van der Waals surface area contributed by atoms with Crippen molar-refractivity contribution in [3.05, 3.63) is 0 Å². The molecule has 182 valence electrons. The van der Waals surface area contributed by atoms with Crippen LogP contribution in [0.5, 0.6) is 0 Å². The summed E-state index contributed by atoms with van der Waals surface area (Å²) >= 11 is 0. The van der Waals surface area contributed by atoms with Gasteiger partial charge in [0.2, 0.25) is 11.8 Å². The predicted octanol–water partition coefficient (Wildman–Crippen LogP) is 1.74. The summed E-state index contributed by atoms with van der Waals surface area (Å²) in [7, 11) is 1.27. The summed E-state index contributed by atoms with van der Waals surface area (Å²) in [6.07, 6.45) is 3.15. The molecule has 5 rings (SSSR count). The van der Waals surface area contributed by atoms with Gasteiger partial charge in [0, 0.05) is 28.8 Å². The highest BCUT2D eigenvalue weighted by molar-refractivity contribution is 5.94. The number of esters is 1. The second-order valence-corrected chi connectivity index (χ2v) is 12.4. The average molecular weight is 462 g/mol. The SMILES string of the molecule is COC(=O)[C@H](C[C@@H]1CC2(CC2)NC1=O)NC(=O)[C@H]1N(C(=O)OC(C)(C)C)CC23CC12C3(C)C. The number of nitrogens with zero attached hydrogens (tertiary/aromatic N) is 1. The van der Waals surface area contributed by atoms with E-state index in [2.05, 4.69) is 24.5 Å². The van der Waals surface area contributed by atoms with Crippen LogP contribution in [0.3, 0.4) is 0 Å². The Balaban J connectivity index is 1.34. The van der Waals surface area contributed by atoms with E-state index in [-0.39, 0.29) is 45.9 Å². The number of carbonyl (C=O) groups is 4. The van der Waals surface area contributed by atoms with Gasteiger partial charge in [-0.25, -0.2) is 9.59 Å². The number of nitrogens with one attached hydrogen (secondary N) is 2. The summed E-state index contributed by atoms with van der Waals surface area (Å²) in [6, 6.07) is -1.65. The van der Waals surface area contributed by atoms with Gasteiger partial charge in [0.15, 0.2) is 0 Å². The van der Waals surface area contributed by atoms with Crippen molar-refractivity contribution in [2.75, 3.05) is 13.7 Å². The van der Waals surface area contributed by atoms with Crippen molar-refractivity contribution >= 4 is 23.9 Å². The number of carbonyl (C=O) groups excluding carboxylic acids is 4. The molecule has 0 aromatic rings. The van der Waals surface area contributed by atoms with Crippen LogP contribution < -0.4 is 10.6 Å². The van der Waals surface area contributed by atoms with Gasteiger partial charge in [0.1, 0.15) is 17.7 Å². The third kappa shape index (κ3) is 2.96. The summed E-state index contributed by atoms with van der Waals surface area (Å²) in [5, 5.41) is 5.88. The van der Waals surface area contributed by atoms with Crippen molar-refractivity contribution in [2.45, 2.75) is 89.9 Å². The van der Waals surface area contributed by atoms with Crippen molar-refractivity contribution in [3.63, 3.8) is 0 Å². The molecule has 2 N–H and O–H groups in total. The van der Waals surface area contributed by atoms with Crippen molar-refractivity contribution in [3.8, 4) is 0 Å². The van der Waals surface area contributed by atoms with Gasteiger partial charge in [-0.05, 0) is 58.3 Å². The largest absolute Gasteiger partial charge is 0.467 e. The molecule has 2 unspecified atom stereocenters. The molecule has 0 aromatic carbocycles. The molecule has 0 bridgehead atoms. The number of rotatable bonds is 5. The molecule has 3 saturated carbocycles. The van der Waals surface area contributed by atoms with Gasteiger partial charge < -0.3 is 20.1 Å². The molecule has 5 aliphatic rings. The number of methoxy groups -OCH3 is 1. The fraction of sp³-hybridized carbons (Fsp3) is 0.833. The first-order chi connectivity index (χ1) is 15.2. The minimum atomic E-state index is -0.945. The Bertz CT molecular complexity index is 950. The normalized spacial score (nSPS) is 36.9. The molecule has 2 aliphatic heterocycles. The molecule has 5 fully saturated rings. The zero-order chi connectivity index (χ0) is 24.2. The maximum Gasteiger partial charge on any atom is 0.411 e. The second kappa shape index (κ2) is 6.42. The van der Waals surface area contributed by atoms with Crippen LogP contribution in [0.4, 0.5) is 4.79 Å². The smallest absolute Gasteiger partial charge is 0.411 e. The minimum Gasteiger partial charge on any atom is -0.467 e. The van der Waals surface area contributed by atoms with Crippen molar-refractivity contribution in [2.24, 2.45) is 22.2 Å². The first-order valence-corrected chi connectivity index (χ1v) is 11.9. The highest BCUT2D eigenvalue weighted by atomic mass is 16.6. The van der Waals surface area contributed by atoms with Crippen LogP contribution in [0.15, 0.2) is 0 Å². The van der Waals surface area contributed by atoms with Crippen LogP contribution in [-0.4, -0.2) is 65.7 Å². The van der Waals surface area contributed by atoms with E-state index < -0.39 is 29.7 Å². The summed E-state index contributed by atoms with van der Waals surface area (Å²) in [6.45, 7) is 10.1. The number of ether oxygens (including phenoxy) is 2. The van der Waals surface area contributed by atoms with E-state index in [0.29, 0.717) is 13.0 Å². The summed E-state index contributed by atoms with van der Waals surface area (Å²) in [4.78, 5) is 53.2. The molecule has 3 amide bonds. The average Bonchev–Trinajstić information content (AvgIpc) is 3.61. The molecule has 2 saturated heterocycles. The molecule has 0 radical (unpaired) electrons. The molecule has 9 heteroatoms. The van der Waals surface area contributed by atoms with Gasteiger partial charge in [-0.15, -0.1) is 0 Å². The molecule has 3 aliphatic carbocycles. The second-order valence-electron chi connectivity index (χ2n) is 12.4. The molecule has 5 atom stereocenters. The Morgan fingerprint density at radius 3 is 2.42 bits per heavy atom. The highest BCUT2D eigenvalue weighted by Crippen LogP contribution is 3.00. The number of likely N-dealkylation sites (tertiary alicyclic amines) is 1. The zero-order valence-corrected chi connectivity index (χ0v) is 20.4. The van der Waals surface area contributed by atoms with Gasteiger partial charge in [-0.2, -0.15) is 0 Å². The lowest BCUT2D eigenvalue weighted by molar-refractivity contribution is -0.147. The lowest BCUT2D eigenvalue weighted by Crippen LogP contribution is -2.58. The molecular weight excluding hydrogens is 426 g/mol. The van der Waals surface area contributed by atoms with E-state index in [1.807, 2.05) is 0 Å². The topological polar surface area (TPSA) is 114 Å². The van der Waals surface area contributed by atoms with E-state index >= 15 is 0 Å². The monoisotopic (exact) mass is 461 g/mol. The van der Waals surface area contributed by atoms with Crippen LogP contribution in [0.1, 0.15) is 66.7 Å².